The van der Waals surface area contributed by atoms with Gasteiger partial charge in [-0.3, -0.25) is 9.36 Å². The van der Waals surface area contributed by atoms with Crippen LogP contribution >= 0.6 is 11.8 Å². The first-order chi connectivity index (χ1) is 12.4. The molecule has 8 nitrogen and oxygen atoms in total. The van der Waals surface area contributed by atoms with E-state index >= 15 is 0 Å². The number of aryl methyl sites for hydroxylation is 1. The van der Waals surface area contributed by atoms with Crippen molar-refractivity contribution in [1.29, 1.82) is 0 Å². The van der Waals surface area contributed by atoms with Crippen LogP contribution in [0, 0.1) is 6.92 Å². The summed E-state index contributed by atoms with van der Waals surface area (Å²) in [7, 11) is 0. The van der Waals surface area contributed by atoms with Crippen LogP contribution in [-0.4, -0.2) is 67.7 Å². The van der Waals surface area contributed by atoms with E-state index in [1.807, 2.05) is 35.8 Å². The smallest absolute Gasteiger partial charge is 0.334 e. The van der Waals surface area contributed by atoms with Gasteiger partial charge in [0, 0.05) is 12.2 Å². The van der Waals surface area contributed by atoms with Crippen molar-refractivity contribution in [3.8, 4) is 5.69 Å². The van der Waals surface area contributed by atoms with Crippen molar-refractivity contribution in [2.24, 2.45) is 0 Å². The first kappa shape index (κ1) is 18.4. The molecule has 1 aliphatic heterocycles. The van der Waals surface area contributed by atoms with Gasteiger partial charge in [0.2, 0.25) is 5.91 Å². The molecule has 1 aromatic heterocycles. The number of carbonyl (C=O) groups is 2. The number of hydrogen-bond acceptors (Lipinski definition) is 6. The van der Waals surface area contributed by atoms with Crippen LogP contribution in [-0.2, 0) is 14.3 Å². The third kappa shape index (κ3) is 4.23. The molecule has 0 spiro atoms. The van der Waals surface area contributed by atoms with Gasteiger partial charge in [-0.15, -0.1) is 10.2 Å². The number of amides is 1. The molecule has 1 fully saturated rings. The number of aliphatic carboxylic acids is 1. The van der Waals surface area contributed by atoms with Crippen molar-refractivity contribution in [1.82, 2.24) is 19.7 Å². The number of hydrogen-bond donors (Lipinski definition) is 1. The number of thioether (sulfide) groups is 1. The van der Waals surface area contributed by atoms with Crippen molar-refractivity contribution in [3.63, 3.8) is 0 Å². The Morgan fingerprint density at radius 3 is 2.73 bits per heavy atom. The molecule has 0 saturated carbocycles. The molecule has 1 aromatic carbocycles. The van der Waals surface area contributed by atoms with E-state index in [1.165, 1.54) is 16.7 Å². The molecule has 9 heteroatoms. The van der Waals surface area contributed by atoms with Crippen LogP contribution < -0.4 is 0 Å². The largest absolute Gasteiger partial charge is 0.479 e. The summed E-state index contributed by atoms with van der Waals surface area (Å²) in [6.45, 7) is 4.21. The lowest BCUT2D eigenvalue weighted by atomic mass is 10.2. The predicted octanol–water partition coefficient (Wildman–Crippen LogP) is 1.37. The monoisotopic (exact) mass is 376 g/mol. The summed E-state index contributed by atoms with van der Waals surface area (Å²) in [6, 6.07) is 7.92. The van der Waals surface area contributed by atoms with Crippen LogP contribution in [0.2, 0.25) is 0 Å². The highest BCUT2D eigenvalue weighted by Gasteiger charge is 2.32. The van der Waals surface area contributed by atoms with Gasteiger partial charge in [-0.1, -0.05) is 29.5 Å². The molecule has 2 heterocycles. The standard InChI is InChI=1S/C17H20N4O4S/c1-11-3-5-13(6-4-11)21-10-18-19-17(21)26-9-15(22)20-7-12(2)25-14(8-20)16(23)24/h3-6,10,12,14H,7-9H2,1-2H3,(H,23,24)/t12-,14?/m1/s1. The predicted molar refractivity (Wildman–Crippen MR) is 95.4 cm³/mol. The number of ether oxygens (including phenoxy) is 1. The van der Waals surface area contributed by atoms with Crippen LogP contribution in [0.1, 0.15) is 12.5 Å². The van der Waals surface area contributed by atoms with E-state index in [4.69, 9.17) is 9.84 Å². The van der Waals surface area contributed by atoms with Gasteiger partial charge >= 0.3 is 5.97 Å². The first-order valence-electron chi connectivity index (χ1n) is 8.20. The minimum absolute atomic E-state index is 0.0592. The lowest BCUT2D eigenvalue weighted by Crippen LogP contribution is -2.52. The van der Waals surface area contributed by atoms with Gasteiger partial charge in [0.15, 0.2) is 11.3 Å². The zero-order valence-electron chi connectivity index (χ0n) is 14.5. The Hall–Kier alpha value is -2.39. The number of aromatic nitrogens is 3. The molecule has 138 valence electrons. The Morgan fingerprint density at radius 1 is 1.31 bits per heavy atom. The minimum Gasteiger partial charge on any atom is -0.479 e. The van der Waals surface area contributed by atoms with Crippen molar-refractivity contribution in [2.45, 2.75) is 31.2 Å². The molecule has 2 aromatic rings. The van der Waals surface area contributed by atoms with Crippen LogP contribution in [0.3, 0.4) is 0 Å². The molecular weight excluding hydrogens is 356 g/mol. The summed E-state index contributed by atoms with van der Waals surface area (Å²) in [5, 5.41) is 17.7. The summed E-state index contributed by atoms with van der Waals surface area (Å²) in [4.78, 5) is 25.2. The van der Waals surface area contributed by atoms with Crippen LogP contribution in [0.4, 0.5) is 0 Å². The van der Waals surface area contributed by atoms with Gasteiger partial charge in [0.05, 0.1) is 18.4 Å². The number of benzene rings is 1. The second-order valence-corrected chi connectivity index (χ2v) is 7.12. The average molecular weight is 376 g/mol. The molecule has 0 bridgehead atoms. The zero-order valence-corrected chi connectivity index (χ0v) is 15.3. The van der Waals surface area contributed by atoms with E-state index in [-0.39, 0.29) is 24.3 Å². The fraction of sp³-hybridized carbons (Fsp3) is 0.412. The zero-order chi connectivity index (χ0) is 18.7. The van der Waals surface area contributed by atoms with E-state index in [0.717, 1.165) is 11.3 Å². The second-order valence-electron chi connectivity index (χ2n) is 6.18. The summed E-state index contributed by atoms with van der Waals surface area (Å²) >= 11 is 1.28. The first-order valence-corrected chi connectivity index (χ1v) is 9.18. The summed E-state index contributed by atoms with van der Waals surface area (Å²) < 4.78 is 7.16. The molecule has 0 aliphatic carbocycles. The number of carbonyl (C=O) groups excluding carboxylic acids is 1. The number of carboxylic acids is 1. The molecule has 1 amide bonds. The van der Waals surface area contributed by atoms with Crippen LogP contribution in [0.25, 0.3) is 5.69 Å². The number of nitrogens with zero attached hydrogens (tertiary/aromatic N) is 4. The van der Waals surface area contributed by atoms with Gasteiger partial charge < -0.3 is 14.7 Å². The van der Waals surface area contributed by atoms with Crippen LogP contribution in [0.15, 0.2) is 35.7 Å². The second kappa shape index (κ2) is 7.88. The Balaban J connectivity index is 1.64. The van der Waals surface area contributed by atoms with Crippen molar-refractivity contribution in [2.75, 3.05) is 18.8 Å². The van der Waals surface area contributed by atoms with E-state index in [0.29, 0.717) is 11.7 Å². The van der Waals surface area contributed by atoms with Gasteiger partial charge in [0.25, 0.3) is 0 Å². The average Bonchev–Trinajstić information content (AvgIpc) is 3.08. The van der Waals surface area contributed by atoms with E-state index in [9.17, 15) is 9.59 Å². The summed E-state index contributed by atoms with van der Waals surface area (Å²) in [6.07, 6.45) is 0.313. The van der Waals surface area contributed by atoms with E-state index in [2.05, 4.69) is 10.2 Å². The lowest BCUT2D eigenvalue weighted by molar-refractivity contribution is -0.165. The van der Waals surface area contributed by atoms with E-state index in [1.54, 1.807) is 13.3 Å². The Morgan fingerprint density at radius 2 is 2.04 bits per heavy atom. The van der Waals surface area contributed by atoms with Crippen molar-refractivity contribution < 1.29 is 19.4 Å². The Kier molecular flexibility index (Phi) is 5.58. The normalized spacial score (nSPS) is 20.2. The molecule has 1 aliphatic rings. The molecule has 2 atom stereocenters. The van der Waals surface area contributed by atoms with Gasteiger partial charge in [0.1, 0.15) is 6.33 Å². The molecule has 1 unspecified atom stereocenters. The fourth-order valence-electron chi connectivity index (χ4n) is 2.71. The molecule has 3 rings (SSSR count). The van der Waals surface area contributed by atoms with Gasteiger partial charge in [-0.25, -0.2) is 4.79 Å². The molecule has 1 saturated heterocycles. The number of rotatable bonds is 5. The fourth-order valence-corrected chi connectivity index (χ4v) is 3.55. The third-order valence-corrected chi connectivity index (χ3v) is 4.97. The lowest BCUT2D eigenvalue weighted by Gasteiger charge is -2.34. The summed E-state index contributed by atoms with van der Waals surface area (Å²) in [5.41, 5.74) is 2.07. The molecule has 0 radical (unpaired) electrons. The maximum atomic E-state index is 12.5. The molecular formula is C17H20N4O4S. The highest BCUT2D eigenvalue weighted by molar-refractivity contribution is 7.99. The quantitative estimate of drug-likeness (QED) is 0.787. The Bertz CT molecular complexity index is 792. The van der Waals surface area contributed by atoms with Crippen LogP contribution in [0.5, 0.6) is 0 Å². The SMILES string of the molecule is Cc1ccc(-n2cnnc2SCC(=O)N2CC(C(=O)O)O[C@H](C)C2)cc1. The Labute approximate surface area is 155 Å². The van der Waals surface area contributed by atoms with E-state index < -0.39 is 12.1 Å². The topological polar surface area (TPSA) is 97.6 Å². The summed E-state index contributed by atoms with van der Waals surface area (Å²) in [5.74, 6) is -1.04. The maximum Gasteiger partial charge on any atom is 0.334 e. The van der Waals surface area contributed by atoms with Gasteiger partial charge in [-0.2, -0.15) is 0 Å². The third-order valence-electron chi connectivity index (χ3n) is 4.04. The number of carboxylic acid groups (broad SMARTS) is 1. The van der Waals surface area contributed by atoms with Crippen molar-refractivity contribution >= 4 is 23.6 Å². The highest BCUT2D eigenvalue weighted by Crippen LogP contribution is 2.21. The maximum absolute atomic E-state index is 12.5. The highest BCUT2D eigenvalue weighted by atomic mass is 32.2. The minimum atomic E-state index is -1.05. The number of morpholine rings is 1. The van der Waals surface area contributed by atoms with Gasteiger partial charge in [-0.05, 0) is 26.0 Å². The molecule has 26 heavy (non-hydrogen) atoms. The van der Waals surface area contributed by atoms with Crippen molar-refractivity contribution in [3.05, 3.63) is 36.2 Å². The molecule has 1 N–H and O–H groups in total.